The Labute approximate surface area is 160 Å². The number of anilines is 1. The number of carbonyl (C=O) groups excluding carboxylic acids is 1. The average molecular weight is 388 g/mol. The second-order valence-corrected chi connectivity index (χ2v) is 8.85. The van der Waals surface area contributed by atoms with E-state index < -0.39 is 10.0 Å². The summed E-state index contributed by atoms with van der Waals surface area (Å²) >= 11 is 0. The summed E-state index contributed by atoms with van der Waals surface area (Å²) in [4.78, 5) is 14.4. The number of hydrogen-bond donors (Lipinski definition) is 1. The molecule has 1 amide bonds. The van der Waals surface area contributed by atoms with Crippen molar-refractivity contribution in [1.82, 2.24) is 9.21 Å². The van der Waals surface area contributed by atoms with Gasteiger partial charge in [-0.15, -0.1) is 0 Å². The summed E-state index contributed by atoms with van der Waals surface area (Å²) in [5, 5.41) is 2.83. The Morgan fingerprint density at radius 3 is 2.30 bits per heavy atom. The van der Waals surface area contributed by atoms with Gasteiger partial charge in [0.25, 0.3) is 0 Å². The Kier molecular flexibility index (Phi) is 6.26. The summed E-state index contributed by atoms with van der Waals surface area (Å²) in [5.41, 5.74) is 1.53. The van der Waals surface area contributed by atoms with E-state index in [9.17, 15) is 13.2 Å². The molecule has 27 heavy (non-hydrogen) atoms. The van der Waals surface area contributed by atoms with Gasteiger partial charge in [-0.1, -0.05) is 30.3 Å². The van der Waals surface area contributed by atoms with E-state index in [1.165, 1.54) is 16.4 Å². The number of carbonyl (C=O) groups is 1. The molecular weight excluding hydrogens is 362 g/mol. The second kappa shape index (κ2) is 8.65. The molecule has 1 heterocycles. The second-order valence-electron chi connectivity index (χ2n) is 6.80. The van der Waals surface area contributed by atoms with Gasteiger partial charge in [0.1, 0.15) is 0 Å². The maximum atomic E-state index is 12.7. The van der Waals surface area contributed by atoms with E-state index >= 15 is 0 Å². The number of likely N-dealkylation sites (tertiary alicyclic amines) is 1. The van der Waals surface area contributed by atoms with Crippen LogP contribution in [0, 0.1) is 0 Å². The molecule has 1 N–H and O–H groups in total. The van der Waals surface area contributed by atoms with Gasteiger partial charge in [0.2, 0.25) is 15.9 Å². The minimum absolute atomic E-state index is 0.0753. The smallest absolute Gasteiger partial charge is 0.243 e. The highest BCUT2D eigenvalue weighted by Crippen LogP contribution is 2.19. The van der Waals surface area contributed by atoms with Crippen molar-refractivity contribution < 1.29 is 13.2 Å². The van der Waals surface area contributed by atoms with E-state index in [0.29, 0.717) is 18.8 Å². The third-order valence-electron chi connectivity index (χ3n) is 4.66. The van der Waals surface area contributed by atoms with Crippen molar-refractivity contribution in [2.24, 2.45) is 0 Å². The third kappa shape index (κ3) is 5.15. The number of rotatable bonds is 7. The lowest BCUT2D eigenvalue weighted by molar-refractivity contribution is -0.117. The third-order valence-corrected chi connectivity index (χ3v) is 6.48. The van der Waals surface area contributed by atoms with Crippen molar-refractivity contribution in [3.8, 4) is 0 Å². The molecule has 6 nitrogen and oxygen atoms in total. The summed E-state index contributed by atoms with van der Waals surface area (Å²) in [6.07, 6.45) is 2.27. The molecule has 144 valence electrons. The van der Waals surface area contributed by atoms with Crippen LogP contribution in [-0.2, 0) is 21.4 Å². The molecule has 2 aromatic carbocycles. The predicted molar refractivity (Wildman–Crippen MR) is 106 cm³/mol. The fourth-order valence-electron chi connectivity index (χ4n) is 3.16. The summed E-state index contributed by atoms with van der Waals surface area (Å²) < 4.78 is 26.8. The first-order chi connectivity index (χ1) is 12.9. The molecule has 0 aliphatic carbocycles. The van der Waals surface area contributed by atoms with E-state index in [0.717, 1.165) is 31.5 Å². The molecule has 1 aliphatic rings. The van der Waals surface area contributed by atoms with Gasteiger partial charge in [0, 0.05) is 19.3 Å². The molecule has 0 unspecified atom stereocenters. The molecule has 2 aromatic rings. The fourth-order valence-corrected chi connectivity index (χ4v) is 4.32. The van der Waals surface area contributed by atoms with Crippen LogP contribution < -0.4 is 5.32 Å². The van der Waals surface area contributed by atoms with Crippen LogP contribution in [-0.4, -0.2) is 50.2 Å². The topological polar surface area (TPSA) is 69.7 Å². The van der Waals surface area contributed by atoms with E-state index in [1.807, 2.05) is 30.3 Å². The zero-order valence-corrected chi connectivity index (χ0v) is 16.3. The molecule has 7 heteroatoms. The Morgan fingerprint density at radius 2 is 1.67 bits per heavy atom. The summed E-state index contributed by atoms with van der Waals surface area (Å²) in [6, 6.07) is 15.8. The normalized spacial score (nSPS) is 15.2. The highest BCUT2D eigenvalue weighted by molar-refractivity contribution is 7.89. The molecule has 0 radical (unpaired) electrons. The first-order valence-electron chi connectivity index (χ1n) is 9.08. The van der Waals surface area contributed by atoms with Gasteiger partial charge in [-0.3, -0.25) is 9.69 Å². The van der Waals surface area contributed by atoms with Crippen LogP contribution in [0.2, 0.25) is 0 Å². The predicted octanol–water partition coefficient (Wildman–Crippen LogP) is 2.54. The van der Waals surface area contributed by atoms with Crippen molar-refractivity contribution in [1.29, 1.82) is 0 Å². The van der Waals surface area contributed by atoms with Crippen molar-refractivity contribution in [3.63, 3.8) is 0 Å². The minimum atomic E-state index is -3.59. The number of benzene rings is 2. The Hall–Kier alpha value is -2.22. The van der Waals surface area contributed by atoms with Gasteiger partial charge in [-0.05, 0) is 55.8 Å². The summed E-state index contributed by atoms with van der Waals surface area (Å²) in [7, 11) is -2.03. The van der Waals surface area contributed by atoms with Gasteiger partial charge < -0.3 is 5.32 Å². The molecule has 1 fully saturated rings. The standard InChI is InChI=1S/C20H25N3O3S/c1-22(15-17-7-3-2-4-8-17)27(25,26)19-11-9-18(10-12-19)21-20(24)16-23-13-5-6-14-23/h2-4,7-12H,5-6,13-16H2,1H3,(H,21,24). The first-order valence-corrected chi connectivity index (χ1v) is 10.5. The summed E-state index contributed by atoms with van der Waals surface area (Å²) in [6.45, 7) is 2.59. The van der Waals surface area contributed by atoms with E-state index in [-0.39, 0.29) is 10.8 Å². The number of nitrogens with one attached hydrogen (secondary N) is 1. The Bertz CT molecular complexity index is 861. The maximum absolute atomic E-state index is 12.7. The average Bonchev–Trinajstić information content (AvgIpc) is 3.16. The number of amides is 1. The molecule has 0 atom stereocenters. The quantitative estimate of drug-likeness (QED) is 0.793. The maximum Gasteiger partial charge on any atom is 0.243 e. The number of sulfonamides is 1. The van der Waals surface area contributed by atoms with E-state index in [1.54, 1.807) is 19.2 Å². The van der Waals surface area contributed by atoms with Crippen molar-refractivity contribution in [2.75, 3.05) is 32.0 Å². The molecule has 0 bridgehead atoms. The lowest BCUT2D eigenvalue weighted by atomic mass is 10.2. The van der Waals surface area contributed by atoms with Gasteiger partial charge in [-0.25, -0.2) is 8.42 Å². The van der Waals surface area contributed by atoms with Crippen LogP contribution in [0.1, 0.15) is 18.4 Å². The van der Waals surface area contributed by atoms with Gasteiger partial charge >= 0.3 is 0 Å². The SMILES string of the molecule is CN(Cc1ccccc1)S(=O)(=O)c1ccc(NC(=O)CN2CCCC2)cc1. The van der Waals surface area contributed by atoms with Crippen molar-refractivity contribution in [3.05, 3.63) is 60.2 Å². The molecule has 3 rings (SSSR count). The monoisotopic (exact) mass is 387 g/mol. The highest BCUT2D eigenvalue weighted by Gasteiger charge is 2.21. The van der Waals surface area contributed by atoms with Crippen LogP contribution in [0.4, 0.5) is 5.69 Å². The molecule has 0 spiro atoms. The number of hydrogen-bond acceptors (Lipinski definition) is 4. The van der Waals surface area contributed by atoms with Crippen molar-refractivity contribution in [2.45, 2.75) is 24.3 Å². The van der Waals surface area contributed by atoms with Crippen LogP contribution >= 0.6 is 0 Å². The largest absolute Gasteiger partial charge is 0.325 e. The van der Waals surface area contributed by atoms with Crippen LogP contribution in [0.15, 0.2) is 59.5 Å². The molecule has 0 aromatic heterocycles. The Balaban J connectivity index is 1.62. The molecule has 1 saturated heterocycles. The zero-order chi connectivity index (χ0) is 19.3. The van der Waals surface area contributed by atoms with Crippen molar-refractivity contribution >= 4 is 21.6 Å². The zero-order valence-electron chi connectivity index (χ0n) is 15.5. The molecule has 1 aliphatic heterocycles. The molecular formula is C20H25N3O3S. The highest BCUT2D eigenvalue weighted by atomic mass is 32.2. The Morgan fingerprint density at radius 1 is 1.04 bits per heavy atom. The van der Waals surface area contributed by atoms with Gasteiger partial charge in [0.15, 0.2) is 0 Å². The summed E-state index contributed by atoms with van der Waals surface area (Å²) in [5.74, 6) is -0.0753. The minimum Gasteiger partial charge on any atom is -0.325 e. The first kappa shape index (κ1) is 19.5. The fraction of sp³-hybridized carbons (Fsp3) is 0.350. The van der Waals surface area contributed by atoms with E-state index in [2.05, 4.69) is 10.2 Å². The van der Waals surface area contributed by atoms with Gasteiger partial charge in [0.05, 0.1) is 11.4 Å². The molecule has 0 saturated carbocycles. The lowest BCUT2D eigenvalue weighted by Gasteiger charge is -2.18. The number of nitrogens with zero attached hydrogens (tertiary/aromatic N) is 2. The lowest BCUT2D eigenvalue weighted by Crippen LogP contribution is -2.30. The van der Waals surface area contributed by atoms with Crippen LogP contribution in [0.3, 0.4) is 0 Å². The van der Waals surface area contributed by atoms with Crippen LogP contribution in [0.25, 0.3) is 0 Å². The van der Waals surface area contributed by atoms with E-state index in [4.69, 9.17) is 0 Å². The van der Waals surface area contributed by atoms with Crippen LogP contribution in [0.5, 0.6) is 0 Å². The van der Waals surface area contributed by atoms with Gasteiger partial charge in [-0.2, -0.15) is 4.31 Å².